The highest BCUT2D eigenvalue weighted by atomic mass is 19.1. The summed E-state index contributed by atoms with van der Waals surface area (Å²) in [4.78, 5) is 28.0. The Bertz CT molecular complexity index is 879. The molecule has 0 radical (unpaired) electrons. The topological polar surface area (TPSA) is 71.1 Å². The van der Waals surface area contributed by atoms with E-state index in [1.807, 2.05) is 0 Å². The van der Waals surface area contributed by atoms with E-state index in [1.54, 1.807) is 42.6 Å². The maximum atomic E-state index is 12.9. The van der Waals surface area contributed by atoms with Gasteiger partial charge in [-0.05, 0) is 60.7 Å². The molecule has 2 aromatic carbocycles. The molecule has 0 atom stereocenters. The Morgan fingerprint density at radius 2 is 1.32 bits per heavy atom. The first-order chi connectivity index (χ1) is 12.1. The molecule has 0 fully saturated rings. The first kappa shape index (κ1) is 16.3. The summed E-state index contributed by atoms with van der Waals surface area (Å²) in [5.41, 5.74) is 1.97. The number of carbonyl (C=O) groups is 2. The van der Waals surface area contributed by atoms with Crippen LogP contribution in [0.3, 0.4) is 0 Å². The minimum absolute atomic E-state index is 0.267. The van der Waals surface area contributed by atoms with Gasteiger partial charge in [0.1, 0.15) is 5.82 Å². The lowest BCUT2D eigenvalue weighted by Crippen LogP contribution is -2.13. The predicted molar refractivity (Wildman–Crippen MR) is 93.0 cm³/mol. The molecule has 25 heavy (non-hydrogen) atoms. The first-order valence-corrected chi connectivity index (χ1v) is 7.50. The van der Waals surface area contributed by atoms with Crippen LogP contribution in [-0.4, -0.2) is 16.8 Å². The van der Waals surface area contributed by atoms with Crippen LogP contribution in [0.5, 0.6) is 0 Å². The summed E-state index contributed by atoms with van der Waals surface area (Å²) < 4.78 is 12.9. The van der Waals surface area contributed by atoms with E-state index in [0.29, 0.717) is 22.5 Å². The van der Waals surface area contributed by atoms with Gasteiger partial charge in [-0.1, -0.05) is 0 Å². The van der Waals surface area contributed by atoms with Gasteiger partial charge in [0.15, 0.2) is 0 Å². The van der Waals surface area contributed by atoms with Crippen molar-refractivity contribution in [3.8, 4) is 0 Å². The molecule has 3 aromatic rings. The van der Waals surface area contributed by atoms with E-state index in [4.69, 9.17) is 0 Å². The number of aromatic nitrogens is 1. The number of hydrogen-bond donors (Lipinski definition) is 2. The van der Waals surface area contributed by atoms with Crippen molar-refractivity contribution >= 4 is 23.2 Å². The van der Waals surface area contributed by atoms with E-state index < -0.39 is 5.82 Å². The summed E-state index contributed by atoms with van der Waals surface area (Å²) in [7, 11) is 0. The Kier molecular flexibility index (Phi) is 4.80. The van der Waals surface area contributed by atoms with Gasteiger partial charge >= 0.3 is 0 Å². The highest BCUT2D eigenvalue weighted by Gasteiger charge is 2.08. The number of carbonyl (C=O) groups excluding carboxylic acids is 2. The van der Waals surface area contributed by atoms with Gasteiger partial charge in [-0.3, -0.25) is 14.6 Å². The van der Waals surface area contributed by atoms with Crippen molar-refractivity contribution in [2.45, 2.75) is 0 Å². The Morgan fingerprint density at radius 3 is 1.84 bits per heavy atom. The van der Waals surface area contributed by atoms with Crippen molar-refractivity contribution < 1.29 is 14.0 Å². The van der Waals surface area contributed by atoms with Crippen LogP contribution in [0, 0.1) is 5.82 Å². The Hall–Kier alpha value is -3.54. The molecule has 2 amide bonds. The number of halogens is 1. The van der Waals surface area contributed by atoms with Gasteiger partial charge in [0.2, 0.25) is 0 Å². The molecule has 0 aliphatic heterocycles. The van der Waals surface area contributed by atoms with E-state index in [0.717, 1.165) is 0 Å². The molecule has 0 unspecified atom stereocenters. The van der Waals surface area contributed by atoms with Gasteiger partial charge in [-0.25, -0.2) is 4.39 Å². The zero-order chi connectivity index (χ0) is 17.6. The van der Waals surface area contributed by atoms with Crippen LogP contribution in [0.25, 0.3) is 0 Å². The lowest BCUT2D eigenvalue weighted by molar-refractivity contribution is 0.101. The van der Waals surface area contributed by atoms with Crippen molar-refractivity contribution in [1.29, 1.82) is 0 Å². The smallest absolute Gasteiger partial charge is 0.257 e. The second-order valence-corrected chi connectivity index (χ2v) is 5.23. The zero-order valence-electron chi connectivity index (χ0n) is 13.1. The molecular formula is C19H14FN3O2. The first-order valence-electron chi connectivity index (χ1n) is 7.50. The SMILES string of the molecule is O=C(Nc1ccc(NC(=O)c2cccnc2)cc1)c1ccc(F)cc1. The molecule has 0 saturated carbocycles. The number of rotatable bonds is 4. The fourth-order valence-corrected chi connectivity index (χ4v) is 2.14. The van der Waals surface area contributed by atoms with Crippen LogP contribution in [0.15, 0.2) is 73.1 Å². The van der Waals surface area contributed by atoms with E-state index >= 15 is 0 Å². The minimum atomic E-state index is -0.398. The number of anilines is 2. The number of nitrogens with zero attached hydrogens (tertiary/aromatic N) is 1. The zero-order valence-corrected chi connectivity index (χ0v) is 13.1. The standard InChI is InChI=1S/C19H14FN3O2/c20-15-5-3-13(4-6-15)18(24)22-16-7-9-17(10-8-16)23-19(25)14-2-1-11-21-12-14/h1-12H,(H,22,24)(H,23,25). The van der Waals surface area contributed by atoms with Crippen molar-refractivity contribution in [1.82, 2.24) is 4.98 Å². The van der Waals surface area contributed by atoms with Crippen molar-refractivity contribution in [3.63, 3.8) is 0 Å². The summed E-state index contributed by atoms with van der Waals surface area (Å²) in [5, 5.41) is 5.45. The molecule has 0 aliphatic carbocycles. The molecular weight excluding hydrogens is 321 g/mol. The maximum absolute atomic E-state index is 12.9. The lowest BCUT2D eigenvalue weighted by Gasteiger charge is -2.08. The van der Waals surface area contributed by atoms with Crippen LogP contribution in [0.1, 0.15) is 20.7 Å². The molecule has 3 rings (SSSR count). The number of amides is 2. The third-order valence-corrected chi connectivity index (χ3v) is 3.43. The van der Waals surface area contributed by atoms with Crippen LogP contribution in [-0.2, 0) is 0 Å². The average Bonchev–Trinajstić information content (AvgIpc) is 2.64. The number of benzene rings is 2. The van der Waals surface area contributed by atoms with Gasteiger partial charge in [-0.2, -0.15) is 0 Å². The van der Waals surface area contributed by atoms with Crippen LogP contribution >= 0.6 is 0 Å². The molecule has 2 N–H and O–H groups in total. The summed E-state index contributed by atoms with van der Waals surface area (Å²) in [5.74, 6) is -1.01. The summed E-state index contributed by atoms with van der Waals surface area (Å²) in [6, 6.07) is 15.3. The summed E-state index contributed by atoms with van der Waals surface area (Å²) in [6.45, 7) is 0. The number of hydrogen-bond acceptors (Lipinski definition) is 3. The molecule has 124 valence electrons. The Labute approximate surface area is 143 Å². The predicted octanol–water partition coefficient (Wildman–Crippen LogP) is 3.73. The largest absolute Gasteiger partial charge is 0.322 e. The lowest BCUT2D eigenvalue weighted by atomic mass is 10.2. The average molecular weight is 335 g/mol. The van der Waals surface area contributed by atoms with Crippen LogP contribution in [0.4, 0.5) is 15.8 Å². The highest BCUT2D eigenvalue weighted by molar-refractivity contribution is 6.05. The second kappa shape index (κ2) is 7.35. The Morgan fingerprint density at radius 1 is 0.760 bits per heavy atom. The molecule has 1 aromatic heterocycles. The molecule has 0 bridgehead atoms. The van der Waals surface area contributed by atoms with Crippen molar-refractivity contribution in [2.75, 3.05) is 10.6 Å². The fourth-order valence-electron chi connectivity index (χ4n) is 2.14. The van der Waals surface area contributed by atoms with Crippen LogP contribution in [0.2, 0.25) is 0 Å². The molecule has 0 saturated heterocycles. The van der Waals surface area contributed by atoms with Crippen molar-refractivity contribution in [3.05, 3.63) is 90.0 Å². The van der Waals surface area contributed by atoms with Gasteiger partial charge in [0.05, 0.1) is 5.56 Å². The number of nitrogens with one attached hydrogen (secondary N) is 2. The summed E-state index contributed by atoms with van der Waals surface area (Å²) >= 11 is 0. The quantitative estimate of drug-likeness (QED) is 0.763. The van der Waals surface area contributed by atoms with Crippen molar-refractivity contribution in [2.24, 2.45) is 0 Å². The third kappa shape index (κ3) is 4.26. The summed E-state index contributed by atoms with van der Waals surface area (Å²) in [6.07, 6.45) is 3.07. The molecule has 5 nitrogen and oxygen atoms in total. The highest BCUT2D eigenvalue weighted by Crippen LogP contribution is 2.16. The molecule has 0 spiro atoms. The molecule has 0 aliphatic rings. The van der Waals surface area contributed by atoms with E-state index in [9.17, 15) is 14.0 Å². The normalized spacial score (nSPS) is 10.1. The van der Waals surface area contributed by atoms with E-state index in [1.165, 1.54) is 30.5 Å². The monoisotopic (exact) mass is 335 g/mol. The van der Waals surface area contributed by atoms with Crippen LogP contribution < -0.4 is 10.6 Å². The van der Waals surface area contributed by atoms with Gasteiger partial charge in [-0.15, -0.1) is 0 Å². The van der Waals surface area contributed by atoms with E-state index in [-0.39, 0.29) is 11.8 Å². The van der Waals surface area contributed by atoms with Gasteiger partial charge < -0.3 is 10.6 Å². The third-order valence-electron chi connectivity index (χ3n) is 3.43. The van der Waals surface area contributed by atoms with E-state index in [2.05, 4.69) is 15.6 Å². The maximum Gasteiger partial charge on any atom is 0.257 e. The Balaban J connectivity index is 1.63. The molecule has 6 heteroatoms. The van der Waals surface area contributed by atoms with Gasteiger partial charge in [0.25, 0.3) is 11.8 Å². The fraction of sp³-hybridized carbons (Fsp3) is 0. The number of pyridine rings is 1. The molecule has 1 heterocycles. The van der Waals surface area contributed by atoms with Gasteiger partial charge in [0, 0.05) is 29.3 Å². The minimum Gasteiger partial charge on any atom is -0.322 e. The second-order valence-electron chi connectivity index (χ2n) is 5.23.